The number of thiocarbonyl (C=S) groups is 1. The third-order valence-electron chi connectivity index (χ3n) is 6.63. The lowest BCUT2D eigenvalue weighted by molar-refractivity contribution is -0.122. The van der Waals surface area contributed by atoms with Crippen molar-refractivity contribution < 1.29 is 14.3 Å². The lowest BCUT2D eigenvalue weighted by Crippen LogP contribution is -2.37. The van der Waals surface area contributed by atoms with Crippen LogP contribution in [-0.4, -0.2) is 44.4 Å². The van der Waals surface area contributed by atoms with Crippen molar-refractivity contribution in [2.75, 3.05) is 24.8 Å². The van der Waals surface area contributed by atoms with Crippen molar-refractivity contribution in [2.24, 2.45) is 5.92 Å². The van der Waals surface area contributed by atoms with Crippen LogP contribution >= 0.6 is 24.0 Å². The first-order valence-corrected chi connectivity index (χ1v) is 13.1. The smallest absolute Gasteiger partial charge is 0.267 e. The van der Waals surface area contributed by atoms with Crippen molar-refractivity contribution in [1.29, 1.82) is 0 Å². The molecule has 0 radical (unpaired) electrons. The molecule has 2 saturated heterocycles. The number of aromatic nitrogens is 2. The van der Waals surface area contributed by atoms with Crippen LogP contribution in [0, 0.1) is 5.92 Å². The molecule has 1 aromatic carbocycles. The van der Waals surface area contributed by atoms with Crippen molar-refractivity contribution in [2.45, 2.75) is 26.3 Å². The van der Waals surface area contributed by atoms with Crippen molar-refractivity contribution in [3.05, 3.63) is 69.0 Å². The Labute approximate surface area is 217 Å². The van der Waals surface area contributed by atoms with Gasteiger partial charge < -0.3 is 14.4 Å². The average molecular weight is 521 g/mol. The van der Waals surface area contributed by atoms with Crippen LogP contribution in [0.3, 0.4) is 0 Å². The van der Waals surface area contributed by atoms with E-state index in [9.17, 15) is 9.59 Å². The Hall–Kier alpha value is -3.37. The Bertz CT molecular complexity index is 1480. The number of nitrogens with zero attached hydrogens (tertiary/aromatic N) is 4. The Morgan fingerprint density at radius 1 is 1.19 bits per heavy atom. The van der Waals surface area contributed by atoms with Crippen LogP contribution in [0.4, 0.5) is 5.82 Å². The Morgan fingerprint density at radius 3 is 2.92 bits per heavy atom. The van der Waals surface area contributed by atoms with E-state index in [0.717, 1.165) is 31.5 Å². The third-order valence-corrected chi connectivity index (χ3v) is 8.01. The maximum Gasteiger partial charge on any atom is 0.267 e. The van der Waals surface area contributed by atoms with Gasteiger partial charge >= 0.3 is 0 Å². The number of ether oxygens (including phenoxy) is 2. The standard InChI is InChI=1S/C26H24N4O4S2/c1-16-5-4-9-28(13-16)23-18(24(31)29-10-3-2-6-22(29)27-23)12-21-25(32)30(26(35)36-21)14-17-7-8-19-20(11-17)34-15-33-19/h2-3,6-8,10-12,16H,4-5,9,13-15H2,1H3/b21-12-/t16-/m0/s1. The molecule has 184 valence electrons. The SMILES string of the molecule is C[C@H]1CCCN(c2nc3ccccn3c(=O)c2/C=C2\SC(=S)N(Cc3ccc4c(c3)OCO4)C2=O)C1. The number of piperidine rings is 1. The maximum atomic E-state index is 13.6. The van der Waals surface area contributed by atoms with Gasteiger partial charge in [0.25, 0.3) is 11.5 Å². The quantitative estimate of drug-likeness (QED) is 0.377. The molecule has 3 aromatic rings. The second-order valence-electron chi connectivity index (χ2n) is 9.23. The molecule has 2 fully saturated rings. The minimum Gasteiger partial charge on any atom is -0.454 e. The van der Waals surface area contributed by atoms with Gasteiger partial charge in [0.2, 0.25) is 6.79 Å². The number of rotatable bonds is 4. The second kappa shape index (κ2) is 9.25. The number of pyridine rings is 1. The van der Waals surface area contributed by atoms with Crippen LogP contribution in [0.5, 0.6) is 11.5 Å². The Balaban J connectivity index is 1.37. The monoisotopic (exact) mass is 520 g/mol. The highest BCUT2D eigenvalue weighted by Gasteiger charge is 2.33. The molecule has 8 nitrogen and oxygen atoms in total. The van der Waals surface area contributed by atoms with Crippen molar-refractivity contribution in [3.63, 3.8) is 0 Å². The number of hydrogen-bond acceptors (Lipinski definition) is 8. The predicted molar refractivity (Wildman–Crippen MR) is 143 cm³/mol. The topological polar surface area (TPSA) is 76.4 Å². The zero-order chi connectivity index (χ0) is 24.8. The van der Waals surface area contributed by atoms with Crippen LogP contribution in [0.25, 0.3) is 11.7 Å². The van der Waals surface area contributed by atoms with Crippen molar-refractivity contribution >= 4 is 51.7 Å². The van der Waals surface area contributed by atoms with Gasteiger partial charge in [-0.1, -0.05) is 43.0 Å². The zero-order valence-electron chi connectivity index (χ0n) is 19.7. The van der Waals surface area contributed by atoms with Crippen LogP contribution in [0.1, 0.15) is 30.9 Å². The number of anilines is 1. The van der Waals surface area contributed by atoms with Gasteiger partial charge in [0.15, 0.2) is 11.5 Å². The number of carbonyl (C=O) groups excluding carboxylic acids is 1. The summed E-state index contributed by atoms with van der Waals surface area (Å²) in [5.41, 5.74) is 1.68. The van der Waals surface area contributed by atoms with Crippen molar-refractivity contribution in [1.82, 2.24) is 14.3 Å². The summed E-state index contributed by atoms with van der Waals surface area (Å²) in [5, 5.41) is 0. The molecule has 0 spiro atoms. The highest BCUT2D eigenvalue weighted by Crippen LogP contribution is 2.37. The Kier molecular flexibility index (Phi) is 5.93. The Morgan fingerprint density at radius 2 is 2.06 bits per heavy atom. The van der Waals surface area contributed by atoms with E-state index in [1.807, 2.05) is 30.3 Å². The largest absolute Gasteiger partial charge is 0.454 e. The first-order chi connectivity index (χ1) is 17.5. The number of hydrogen-bond donors (Lipinski definition) is 0. The average Bonchev–Trinajstić information content (AvgIpc) is 3.45. The summed E-state index contributed by atoms with van der Waals surface area (Å²) in [7, 11) is 0. The molecule has 5 heterocycles. The summed E-state index contributed by atoms with van der Waals surface area (Å²) in [6.07, 6.45) is 5.56. The summed E-state index contributed by atoms with van der Waals surface area (Å²) in [6.45, 7) is 4.36. The molecule has 36 heavy (non-hydrogen) atoms. The summed E-state index contributed by atoms with van der Waals surface area (Å²) >= 11 is 6.76. The molecule has 10 heteroatoms. The van der Waals surface area contributed by atoms with E-state index < -0.39 is 0 Å². The molecule has 6 rings (SSSR count). The molecule has 3 aliphatic rings. The molecular weight excluding hydrogens is 496 g/mol. The minimum absolute atomic E-state index is 0.191. The molecule has 0 aliphatic carbocycles. The highest BCUT2D eigenvalue weighted by atomic mass is 32.2. The molecule has 0 N–H and O–H groups in total. The number of benzene rings is 1. The minimum atomic E-state index is -0.224. The fourth-order valence-corrected chi connectivity index (χ4v) is 6.07. The van der Waals surface area contributed by atoms with E-state index in [2.05, 4.69) is 11.8 Å². The molecule has 0 bridgehead atoms. The molecule has 0 unspecified atom stereocenters. The van der Waals surface area contributed by atoms with Gasteiger partial charge in [0.1, 0.15) is 15.8 Å². The number of thioether (sulfide) groups is 1. The number of amides is 1. The fraction of sp³-hybridized carbons (Fsp3) is 0.308. The van der Waals surface area contributed by atoms with Crippen LogP contribution in [0.2, 0.25) is 0 Å². The highest BCUT2D eigenvalue weighted by molar-refractivity contribution is 8.26. The van der Waals surface area contributed by atoms with Gasteiger partial charge in [-0.15, -0.1) is 0 Å². The molecular formula is C26H24N4O4S2. The fourth-order valence-electron chi connectivity index (χ4n) is 4.83. The number of fused-ring (bicyclic) bond motifs is 2. The molecule has 1 atom stereocenters. The van der Waals surface area contributed by atoms with Gasteiger partial charge in [-0.2, -0.15) is 0 Å². The van der Waals surface area contributed by atoms with Crippen molar-refractivity contribution in [3.8, 4) is 11.5 Å². The van der Waals surface area contributed by atoms with Gasteiger partial charge in [-0.3, -0.25) is 18.9 Å². The van der Waals surface area contributed by atoms with E-state index >= 15 is 0 Å². The van der Waals surface area contributed by atoms with Gasteiger partial charge in [0, 0.05) is 19.3 Å². The van der Waals surface area contributed by atoms with Crippen LogP contribution in [0.15, 0.2) is 52.3 Å². The van der Waals surface area contributed by atoms with E-state index in [-0.39, 0.29) is 18.3 Å². The lowest BCUT2D eigenvalue weighted by Gasteiger charge is -2.32. The predicted octanol–water partition coefficient (Wildman–Crippen LogP) is 4.06. The van der Waals surface area contributed by atoms with E-state index in [4.69, 9.17) is 26.7 Å². The second-order valence-corrected chi connectivity index (χ2v) is 10.9. The van der Waals surface area contributed by atoms with Gasteiger partial charge in [-0.25, -0.2) is 4.98 Å². The molecule has 1 amide bonds. The summed E-state index contributed by atoms with van der Waals surface area (Å²) in [6, 6.07) is 11.1. The first kappa shape index (κ1) is 23.1. The summed E-state index contributed by atoms with van der Waals surface area (Å²) < 4.78 is 12.8. The summed E-state index contributed by atoms with van der Waals surface area (Å²) in [5.74, 6) is 2.25. The summed E-state index contributed by atoms with van der Waals surface area (Å²) in [4.78, 5) is 36.0. The maximum absolute atomic E-state index is 13.6. The third kappa shape index (κ3) is 4.14. The first-order valence-electron chi connectivity index (χ1n) is 11.9. The van der Waals surface area contributed by atoms with E-state index in [1.54, 1.807) is 23.2 Å². The van der Waals surface area contributed by atoms with E-state index in [1.165, 1.54) is 16.2 Å². The van der Waals surface area contributed by atoms with Crippen LogP contribution < -0.4 is 19.9 Å². The van der Waals surface area contributed by atoms with Crippen LogP contribution in [-0.2, 0) is 11.3 Å². The van der Waals surface area contributed by atoms with E-state index in [0.29, 0.717) is 50.2 Å². The molecule has 3 aliphatic heterocycles. The molecule has 2 aromatic heterocycles. The lowest BCUT2D eigenvalue weighted by atomic mass is 10.00. The normalized spacial score (nSPS) is 20.7. The van der Waals surface area contributed by atoms with Gasteiger partial charge in [-0.05, 0) is 54.7 Å². The molecule has 0 saturated carbocycles. The number of carbonyl (C=O) groups is 1. The zero-order valence-corrected chi connectivity index (χ0v) is 21.3. The van der Waals surface area contributed by atoms with Gasteiger partial charge in [0.05, 0.1) is 17.0 Å².